The molecular formula is C19H19N3O3S2. The van der Waals surface area contributed by atoms with Crippen molar-refractivity contribution in [2.24, 2.45) is 5.92 Å². The maximum atomic E-state index is 12.2. The molecule has 1 unspecified atom stereocenters. The number of alkyl carbamates (subject to hydrolysis) is 1. The summed E-state index contributed by atoms with van der Waals surface area (Å²) >= 11 is 3.01. The second-order valence-electron chi connectivity index (χ2n) is 6.16. The third kappa shape index (κ3) is 4.76. The quantitative estimate of drug-likeness (QED) is 0.746. The van der Waals surface area contributed by atoms with Gasteiger partial charge in [0.1, 0.15) is 11.1 Å². The van der Waals surface area contributed by atoms with Crippen LogP contribution in [0.3, 0.4) is 0 Å². The van der Waals surface area contributed by atoms with Crippen molar-refractivity contribution in [3.05, 3.63) is 44.5 Å². The Morgan fingerprint density at radius 1 is 1.48 bits per heavy atom. The molecular weight excluding hydrogens is 382 g/mol. The van der Waals surface area contributed by atoms with Crippen molar-refractivity contribution in [1.29, 1.82) is 5.26 Å². The van der Waals surface area contributed by atoms with Gasteiger partial charge in [-0.3, -0.25) is 4.79 Å². The van der Waals surface area contributed by atoms with Crippen molar-refractivity contribution in [2.45, 2.75) is 19.3 Å². The van der Waals surface area contributed by atoms with Crippen molar-refractivity contribution in [1.82, 2.24) is 5.32 Å². The van der Waals surface area contributed by atoms with Gasteiger partial charge >= 0.3 is 6.09 Å². The molecule has 2 N–H and O–H groups in total. The summed E-state index contributed by atoms with van der Waals surface area (Å²) in [5, 5.41) is 19.3. The monoisotopic (exact) mass is 401 g/mol. The highest BCUT2D eigenvalue weighted by atomic mass is 32.1. The molecule has 0 saturated carbocycles. The maximum absolute atomic E-state index is 12.2. The van der Waals surface area contributed by atoms with Crippen LogP contribution in [-0.2, 0) is 22.4 Å². The van der Waals surface area contributed by atoms with Crippen LogP contribution >= 0.6 is 22.7 Å². The first-order chi connectivity index (χ1) is 13.1. The summed E-state index contributed by atoms with van der Waals surface area (Å²) in [5.41, 5.74) is 2.54. The molecule has 3 rings (SSSR count). The van der Waals surface area contributed by atoms with Gasteiger partial charge in [-0.25, -0.2) is 4.79 Å². The zero-order valence-corrected chi connectivity index (χ0v) is 16.4. The van der Waals surface area contributed by atoms with Crippen LogP contribution in [0.1, 0.15) is 28.0 Å². The lowest BCUT2D eigenvalue weighted by Gasteiger charge is -2.21. The summed E-state index contributed by atoms with van der Waals surface area (Å²) in [7, 11) is 1.53. The van der Waals surface area contributed by atoms with E-state index in [1.54, 1.807) is 17.4 Å². The topological polar surface area (TPSA) is 91.2 Å². The molecule has 0 radical (unpaired) electrons. The highest BCUT2D eigenvalue weighted by molar-refractivity contribution is 7.16. The number of nitrogens with zero attached hydrogens (tertiary/aromatic N) is 1. The molecule has 27 heavy (non-hydrogen) atoms. The molecule has 2 heterocycles. The molecule has 8 heteroatoms. The average Bonchev–Trinajstić information content (AvgIpc) is 3.31. The van der Waals surface area contributed by atoms with Crippen molar-refractivity contribution in [2.75, 3.05) is 19.0 Å². The summed E-state index contributed by atoms with van der Waals surface area (Å²) in [6.45, 7) is 0.351. The Labute approximate surface area is 165 Å². The predicted molar refractivity (Wildman–Crippen MR) is 107 cm³/mol. The van der Waals surface area contributed by atoms with Gasteiger partial charge in [0.15, 0.2) is 0 Å². The van der Waals surface area contributed by atoms with Gasteiger partial charge in [0, 0.05) is 18.0 Å². The van der Waals surface area contributed by atoms with Crippen LogP contribution in [-0.4, -0.2) is 25.7 Å². The number of carbonyl (C=O) groups is 2. The minimum atomic E-state index is -0.435. The summed E-state index contributed by atoms with van der Waals surface area (Å²) < 4.78 is 5.15. The molecule has 140 valence electrons. The van der Waals surface area contributed by atoms with Crippen LogP contribution in [0.2, 0.25) is 0 Å². The molecule has 0 aliphatic heterocycles. The summed E-state index contributed by atoms with van der Waals surface area (Å²) in [6, 6.07) is 4.16. The minimum Gasteiger partial charge on any atom is -0.449 e. The van der Waals surface area contributed by atoms with Crippen molar-refractivity contribution in [3.8, 4) is 6.07 Å². The van der Waals surface area contributed by atoms with E-state index in [2.05, 4.69) is 16.7 Å². The van der Waals surface area contributed by atoms with Gasteiger partial charge in [0.05, 0.1) is 12.2 Å². The molecule has 0 spiro atoms. The molecule has 1 aliphatic carbocycles. The fraction of sp³-hybridized carbons (Fsp3) is 0.316. The van der Waals surface area contributed by atoms with Crippen LogP contribution in [0.4, 0.5) is 9.80 Å². The number of carbonyl (C=O) groups excluding carboxylic acids is 2. The number of ether oxygens (including phenoxy) is 1. The van der Waals surface area contributed by atoms with Crippen LogP contribution in [0.5, 0.6) is 0 Å². The maximum Gasteiger partial charge on any atom is 0.406 e. The lowest BCUT2D eigenvalue weighted by molar-refractivity contribution is -0.111. The van der Waals surface area contributed by atoms with E-state index in [9.17, 15) is 14.9 Å². The normalized spacial score (nSPS) is 15.8. The summed E-state index contributed by atoms with van der Waals surface area (Å²) in [4.78, 5) is 24.5. The first-order valence-electron chi connectivity index (χ1n) is 8.51. The smallest absolute Gasteiger partial charge is 0.406 e. The standard InChI is InChI=1S/C19H19N3O3S2/c1-21-19(24)25-10-13-2-4-14-15(9-20)18(27-16(14)8-13)22-17(23)5-3-12-6-7-26-11-12/h3,5-7,11,13H,2,4,8,10H2,1H3,(H,21,24)(H,22,23). The third-order valence-corrected chi connectivity index (χ3v) is 6.21. The molecule has 2 aromatic heterocycles. The Bertz CT molecular complexity index is 894. The van der Waals surface area contributed by atoms with E-state index in [1.165, 1.54) is 24.5 Å². The second kappa shape index (κ2) is 8.84. The third-order valence-electron chi connectivity index (χ3n) is 4.34. The Balaban J connectivity index is 1.68. The fourth-order valence-electron chi connectivity index (χ4n) is 2.96. The van der Waals surface area contributed by atoms with Crippen LogP contribution in [0.25, 0.3) is 6.08 Å². The number of fused-ring (bicyclic) bond motifs is 1. The van der Waals surface area contributed by atoms with Crippen LogP contribution in [0.15, 0.2) is 22.9 Å². The molecule has 0 bridgehead atoms. The number of rotatable bonds is 5. The van der Waals surface area contributed by atoms with Crippen LogP contribution < -0.4 is 10.6 Å². The molecule has 0 saturated heterocycles. The Morgan fingerprint density at radius 2 is 2.33 bits per heavy atom. The average molecular weight is 402 g/mol. The molecule has 0 aromatic carbocycles. The Hall–Kier alpha value is -2.63. The number of hydrogen-bond donors (Lipinski definition) is 2. The summed E-state index contributed by atoms with van der Waals surface area (Å²) in [6.07, 6.45) is 5.12. The summed E-state index contributed by atoms with van der Waals surface area (Å²) in [5.74, 6) is -0.0298. The molecule has 2 aromatic rings. The first kappa shape index (κ1) is 19.1. The molecule has 2 amide bonds. The molecule has 1 aliphatic rings. The fourth-order valence-corrected chi connectivity index (χ4v) is 4.91. The van der Waals surface area contributed by atoms with Gasteiger partial charge in [-0.05, 0) is 59.2 Å². The highest BCUT2D eigenvalue weighted by Crippen LogP contribution is 2.39. The van der Waals surface area contributed by atoms with Crippen molar-refractivity contribution >= 4 is 45.8 Å². The SMILES string of the molecule is CNC(=O)OCC1CCc2c(sc(NC(=O)C=Cc3ccsc3)c2C#N)C1. The van der Waals surface area contributed by atoms with E-state index in [1.807, 2.05) is 16.8 Å². The first-order valence-corrected chi connectivity index (χ1v) is 10.3. The molecule has 6 nitrogen and oxygen atoms in total. The number of amides is 2. The number of hydrogen-bond acceptors (Lipinski definition) is 6. The van der Waals surface area contributed by atoms with Gasteiger partial charge in [0.2, 0.25) is 5.91 Å². The Morgan fingerprint density at radius 3 is 3.04 bits per heavy atom. The van der Waals surface area contributed by atoms with E-state index in [0.29, 0.717) is 17.2 Å². The van der Waals surface area contributed by atoms with E-state index in [4.69, 9.17) is 4.74 Å². The molecule has 0 fully saturated rings. The lowest BCUT2D eigenvalue weighted by Crippen LogP contribution is -2.25. The number of nitriles is 1. The lowest BCUT2D eigenvalue weighted by atomic mass is 9.88. The van der Waals surface area contributed by atoms with E-state index in [-0.39, 0.29) is 11.8 Å². The van der Waals surface area contributed by atoms with Crippen molar-refractivity contribution in [3.63, 3.8) is 0 Å². The predicted octanol–water partition coefficient (Wildman–Crippen LogP) is 3.79. The zero-order valence-electron chi connectivity index (χ0n) is 14.8. The highest BCUT2D eigenvalue weighted by Gasteiger charge is 2.27. The largest absolute Gasteiger partial charge is 0.449 e. The number of thiophene rings is 2. The Kier molecular flexibility index (Phi) is 6.27. The van der Waals surface area contributed by atoms with Gasteiger partial charge in [0.25, 0.3) is 0 Å². The zero-order chi connectivity index (χ0) is 19.2. The molecule has 1 atom stereocenters. The van der Waals surface area contributed by atoms with Gasteiger partial charge in [-0.1, -0.05) is 0 Å². The van der Waals surface area contributed by atoms with Crippen molar-refractivity contribution < 1.29 is 14.3 Å². The van der Waals surface area contributed by atoms with Gasteiger partial charge < -0.3 is 15.4 Å². The van der Waals surface area contributed by atoms with E-state index < -0.39 is 6.09 Å². The number of anilines is 1. The minimum absolute atomic E-state index is 0.224. The van der Waals surface area contributed by atoms with Gasteiger partial charge in [-0.15, -0.1) is 11.3 Å². The van der Waals surface area contributed by atoms with E-state index in [0.717, 1.165) is 35.3 Å². The number of nitrogens with one attached hydrogen (secondary N) is 2. The second-order valence-corrected chi connectivity index (χ2v) is 8.04. The van der Waals surface area contributed by atoms with E-state index >= 15 is 0 Å². The van der Waals surface area contributed by atoms with Crippen LogP contribution in [0, 0.1) is 17.2 Å². The van der Waals surface area contributed by atoms with Gasteiger partial charge in [-0.2, -0.15) is 16.6 Å².